The summed E-state index contributed by atoms with van der Waals surface area (Å²) in [5.41, 5.74) is 1.16. The van der Waals surface area contributed by atoms with E-state index in [1.54, 1.807) is 18.2 Å². The van der Waals surface area contributed by atoms with Crippen LogP contribution in [0.5, 0.6) is 5.75 Å². The molecule has 0 saturated heterocycles. The number of benzene rings is 2. The predicted octanol–water partition coefficient (Wildman–Crippen LogP) is 4.04. The van der Waals surface area contributed by atoms with Gasteiger partial charge in [0.05, 0.1) is 6.10 Å². The molecule has 3 rings (SSSR count). The van der Waals surface area contributed by atoms with E-state index < -0.39 is 18.0 Å². The van der Waals surface area contributed by atoms with E-state index in [4.69, 9.17) is 16.3 Å². The van der Waals surface area contributed by atoms with Gasteiger partial charge in [-0.15, -0.1) is 0 Å². The van der Waals surface area contributed by atoms with Gasteiger partial charge in [-0.05, 0) is 18.2 Å². The number of hydrogen-bond acceptors (Lipinski definition) is 2. The van der Waals surface area contributed by atoms with E-state index in [-0.39, 0.29) is 0 Å². The molecule has 1 N–H and O–H groups in total. The van der Waals surface area contributed by atoms with Crippen LogP contribution in [0.2, 0.25) is 5.02 Å². The standard InChI is InChI=1S/C15H12ClFO2/c16-9-5-6-10(12(17)7-9)15-8-13(18)11-3-1-2-4-14(11)19-15/h1-7,13,15,18H,8H2/t13-,15?/m1/s1. The number of hydrogen-bond donors (Lipinski definition) is 1. The van der Waals surface area contributed by atoms with Gasteiger partial charge in [0.2, 0.25) is 0 Å². The lowest BCUT2D eigenvalue weighted by Gasteiger charge is -2.30. The Morgan fingerprint density at radius 3 is 2.74 bits per heavy atom. The lowest BCUT2D eigenvalue weighted by molar-refractivity contribution is 0.0640. The normalized spacial score (nSPS) is 21.6. The van der Waals surface area contributed by atoms with Crippen LogP contribution in [0.4, 0.5) is 4.39 Å². The monoisotopic (exact) mass is 278 g/mol. The molecule has 1 unspecified atom stereocenters. The highest BCUT2D eigenvalue weighted by atomic mass is 35.5. The number of rotatable bonds is 1. The summed E-state index contributed by atoms with van der Waals surface area (Å²) in [5, 5.41) is 10.5. The van der Waals surface area contributed by atoms with E-state index in [0.29, 0.717) is 22.8 Å². The maximum absolute atomic E-state index is 13.9. The van der Waals surface area contributed by atoms with Crippen molar-refractivity contribution in [2.75, 3.05) is 0 Å². The molecule has 98 valence electrons. The SMILES string of the molecule is O[C@@H]1CC(c2ccc(Cl)cc2F)Oc2ccccc21. The smallest absolute Gasteiger partial charge is 0.131 e. The third-order valence-electron chi connectivity index (χ3n) is 3.29. The molecule has 4 heteroatoms. The average Bonchev–Trinajstić information content (AvgIpc) is 2.38. The topological polar surface area (TPSA) is 29.5 Å². The van der Waals surface area contributed by atoms with Gasteiger partial charge in [0, 0.05) is 22.6 Å². The first kappa shape index (κ1) is 12.5. The minimum atomic E-state index is -0.648. The van der Waals surface area contributed by atoms with Gasteiger partial charge in [0.25, 0.3) is 0 Å². The second kappa shape index (κ2) is 4.83. The van der Waals surface area contributed by atoms with Gasteiger partial charge in [0.1, 0.15) is 17.7 Å². The third-order valence-corrected chi connectivity index (χ3v) is 3.53. The van der Waals surface area contributed by atoms with E-state index in [1.165, 1.54) is 6.07 Å². The summed E-state index contributed by atoms with van der Waals surface area (Å²) in [7, 11) is 0. The van der Waals surface area contributed by atoms with Crippen molar-refractivity contribution in [1.29, 1.82) is 0 Å². The first-order valence-corrected chi connectivity index (χ1v) is 6.41. The minimum absolute atomic E-state index is 0.329. The first-order valence-electron chi connectivity index (χ1n) is 6.04. The number of ether oxygens (including phenoxy) is 1. The zero-order chi connectivity index (χ0) is 13.4. The molecule has 0 aromatic heterocycles. The van der Waals surface area contributed by atoms with E-state index in [1.807, 2.05) is 18.2 Å². The fourth-order valence-corrected chi connectivity index (χ4v) is 2.51. The van der Waals surface area contributed by atoms with Crippen LogP contribution in [0, 0.1) is 5.82 Å². The summed E-state index contributed by atoms with van der Waals surface area (Å²) in [5.74, 6) is 0.185. The Balaban J connectivity index is 1.97. The zero-order valence-corrected chi connectivity index (χ0v) is 10.8. The fraction of sp³-hybridized carbons (Fsp3) is 0.200. The maximum atomic E-state index is 13.9. The van der Waals surface area contributed by atoms with Crippen molar-refractivity contribution >= 4 is 11.6 Å². The Labute approximate surface area is 115 Å². The summed E-state index contributed by atoms with van der Waals surface area (Å²) >= 11 is 5.74. The summed E-state index contributed by atoms with van der Waals surface area (Å²) in [6.07, 6.45) is -0.817. The van der Waals surface area contributed by atoms with E-state index >= 15 is 0 Å². The summed E-state index contributed by atoms with van der Waals surface area (Å²) < 4.78 is 19.7. The van der Waals surface area contributed by atoms with Crippen molar-refractivity contribution in [2.24, 2.45) is 0 Å². The van der Waals surface area contributed by atoms with Gasteiger partial charge < -0.3 is 9.84 Å². The van der Waals surface area contributed by atoms with Crippen molar-refractivity contribution in [2.45, 2.75) is 18.6 Å². The molecule has 2 atom stereocenters. The second-order valence-corrected chi connectivity index (χ2v) is 5.00. The zero-order valence-electron chi connectivity index (χ0n) is 10.0. The molecule has 0 aliphatic carbocycles. The van der Waals surface area contributed by atoms with Gasteiger partial charge in [-0.3, -0.25) is 0 Å². The van der Waals surface area contributed by atoms with Crippen molar-refractivity contribution in [3.63, 3.8) is 0 Å². The van der Waals surface area contributed by atoms with Crippen LogP contribution < -0.4 is 4.74 Å². The second-order valence-electron chi connectivity index (χ2n) is 4.56. The van der Waals surface area contributed by atoms with Gasteiger partial charge >= 0.3 is 0 Å². The molecule has 2 aromatic rings. The van der Waals surface area contributed by atoms with Crippen LogP contribution in [-0.2, 0) is 0 Å². The number of halogens is 2. The molecule has 0 radical (unpaired) electrons. The molecule has 0 bridgehead atoms. The van der Waals surface area contributed by atoms with E-state index in [9.17, 15) is 9.50 Å². The number of aliphatic hydroxyl groups excluding tert-OH is 1. The minimum Gasteiger partial charge on any atom is -0.485 e. The molecular formula is C15H12ClFO2. The largest absolute Gasteiger partial charge is 0.485 e. The van der Waals surface area contributed by atoms with Gasteiger partial charge in [-0.2, -0.15) is 0 Å². The molecule has 0 spiro atoms. The summed E-state index contributed by atoms with van der Waals surface area (Å²) in [6.45, 7) is 0. The molecule has 19 heavy (non-hydrogen) atoms. The highest BCUT2D eigenvalue weighted by Crippen LogP contribution is 2.41. The Morgan fingerprint density at radius 1 is 1.16 bits per heavy atom. The Hall–Kier alpha value is -1.58. The van der Waals surface area contributed by atoms with Crippen LogP contribution in [0.1, 0.15) is 29.8 Å². The summed E-state index contributed by atoms with van der Waals surface area (Å²) in [4.78, 5) is 0. The van der Waals surface area contributed by atoms with Gasteiger partial charge in [-0.25, -0.2) is 4.39 Å². The third kappa shape index (κ3) is 2.31. The fourth-order valence-electron chi connectivity index (χ4n) is 2.35. The van der Waals surface area contributed by atoms with Crippen LogP contribution in [-0.4, -0.2) is 5.11 Å². The summed E-state index contributed by atoms with van der Waals surface area (Å²) in [6, 6.07) is 11.7. The highest BCUT2D eigenvalue weighted by molar-refractivity contribution is 6.30. The predicted molar refractivity (Wildman–Crippen MR) is 70.8 cm³/mol. The molecule has 1 aliphatic rings. The quantitative estimate of drug-likeness (QED) is 0.853. The van der Waals surface area contributed by atoms with Crippen LogP contribution in [0.3, 0.4) is 0 Å². The van der Waals surface area contributed by atoms with Crippen molar-refractivity contribution in [3.8, 4) is 5.75 Å². The number of aliphatic hydroxyl groups is 1. The lowest BCUT2D eigenvalue weighted by Crippen LogP contribution is -2.19. The van der Waals surface area contributed by atoms with E-state index in [0.717, 1.165) is 5.56 Å². The van der Waals surface area contributed by atoms with Crippen molar-refractivity contribution < 1.29 is 14.2 Å². The van der Waals surface area contributed by atoms with Crippen LogP contribution >= 0.6 is 11.6 Å². The molecule has 0 amide bonds. The first-order chi connectivity index (χ1) is 9.15. The highest BCUT2D eigenvalue weighted by Gasteiger charge is 2.29. The van der Waals surface area contributed by atoms with Gasteiger partial charge in [-0.1, -0.05) is 35.9 Å². The molecule has 0 saturated carbocycles. The maximum Gasteiger partial charge on any atom is 0.131 e. The Kier molecular flexibility index (Phi) is 3.17. The lowest BCUT2D eigenvalue weighted by atomic mass is 9.95. The molecule has 1 heterocycles. The van der Waals surface area contributed by atoms with Crippen molar-refractivity contribution in [3.05, 3.63) is 64.4 Å². The average molecular weight is 279 g/mol. The number of para-hydroxylation sites is 1. The van der Waals surface area contributed by atoms with Gasteiger partial charge in [0.15, 0.2) is 0 Å². The van der Waals surface area contributed by atoms with Crippen molar-refractivity contribution in [1.82, 2.24) is 0 Å². The molecule has 2 nitrogen and oxygen atoms in total. The van der Waals surface area contributed by atoms with E-state index in [2.05, 4.69) is 0 Å². The molecule has 0 fully saturated rings. The van der Waals surface area contributed by atoms with Crippen LogP contribution in [0.25, 0.3) is 0 Å². The van der Waals surface area contributed by atoms with Crippen LogP contribution in [0.15, 0.2) is 42.5 Å². The molecule has 1 aliphatic heterocycles. The number of fused-ring (bicyclic) bond motifs is 1. The Bertz CT molecular complexity index is 615. The molecular weight excluding hydrogens is 267 g/mol. The Morgan fingerprint density at radius 2 is 1.95 bits per heavy atom. The molecule has 2 aromatic carbocycles.